The minimum absolute atomic E-state index is 0.147. The van der Waals surface area contributed by atoms with Crippen molar-refractivity contribution in [3.8, 4) is 0 Å². The number of aromatic nitrogens is 1. The Kier molecular flexibility index (Phi) is 4.64. The first-order chi connectivity index (χ1) is 10.0. The number of carbonyl (C=O) groups is 1. The van der Waals surface area contributed by atoms with Crippen LogP contribution in [-0.2, 0) is 14.8 Å². The highest BCUT2D eigenvalue weighted by Gasteiger charge is 2.14. The fraction of sp³-hybridized carbons (Fsp3) is 0.214. The molecule has 0 radical (unpaired) electrons. The predicted molar refractivity (Wildman–Crippen MR) is 78.6 cm³/mol. The minimum Gasteiger partial charge on any atom is -0.462 e. The molecular weight excluding hydrogens is 292 g/mol. The monoisotopic (exact) mass is 308 g/mol. The number of ether oxygens (including phenoxy) is 1. The number of carbonyl (C=O) groups excluding carboxylic acids is 1. The van der Waals surface area contributed by atoms with Crippen LogP contribution in [0.15, 0.2) is 47.6 Å². The highest BCUT2D eigenvalue weighted by Crippen LogP contribution is 2.16. The molecule has 6 nitrogen and oxygen atoms in total. The second kappa shape index (κ2) is 6.45. The lowest BCUT2D eigenvalue weighted by molar-refractivity contribution is 0.0505. The van der Waals surface area contributed by atoms with Crippen LogP contribution in [0.5, 0.6) is 0 Å². The molecule has 0 aliphatic carbocycles. The molecule has 7 heteroatoms. The first-order valence-electron chi connectivity index (χ1n) is 6.46. The second-order valence-electron chi connectivity index (χ2n) is 4.37. The summed E-state index contributed by atoms with van der Waals surface area (Å²) in [5, 5.41) is 0. The number of esters is 1. The van der Waals surface area contributed by atoms with Crippen molar-refractivity contribution < 1.29 is 17.9 Å². The number of sulfonamides is 1. The third-order valence-electron chi connectivity index (χ3n) is 2.69. The summed E-state index contributed by atoms with van der Waals surface area (Å²) >= 11 is 0. The molecule has 1 heterocycles. The Morgan fingerprint density at radius 3 is 2.52 bits per heavy atom. The first kappa shape index (κ1) is 15.1. The molecule has 0 bridgehead atoms. The SMILES string of the molecule is CCCOC(=O)c1ccc(NS(=O)(=O)c2cc[nH]c2)cc1. The van der Waals surface area contributed by atoms with Crippen molar-refractivity contribution in [2.45, 2.75) is 18.2 Å². The van der Waals surface area contributed by atoms with Crippen molar-refractivity contribution in [3.63, 3.8) is 0 Å². The van der Waals surface area contributed by atoms with Crippen molar-refractivity contribution in [3.05, 3.63) is 48.3 Å². The Bertz CT molecular complexity index is 691. The quantitative estimate of drug-likeness (QED) is 0.802. The molecule has 0 atom stereocenters. The van der Waals surface area contributed by atoms with E-state index in [1.165, 1.54) is 42.7 Å². The molecule has 0 unspecified atom stereocenters. The van der Waals surface area contributed by atoms with Gasteiger partial charge in [0.15, 0.2) is 0 Å². The molecule has 0 aliphatic rings. The molecule has 21 heavy (non-hydrogen) atoms. The smallest absolute Gasteiger partial charge is 0.338 e. The standard InChI is InChI=1S/C14H16N2O4S/c1-2-9-20-14(17)11-3-5-12(6-4-11)16-21(18,19)13-7-8-15-10-13/h3-8,10,15-16H,2,9H2,1H3. The molecule has 112 valence electrons. The molecule has 0 fully saturated rings. The van der Waals surface area contributed by atoms with Crippen LogP contribution in [-0.4, -0.2) is 26.0 Å². The van der Waals surface area contributed by atoms with Gasteiger partial charge >= 0.3 is 5.97 Å². The Morgan fingerprint density at radius 1 is 1.24 bits per heavy atom. The molecule has 0 aliphatic heterocycles. The van der Waals surface area contributed by atoms with Gasteiger partial charge in [-0.1, -0.05) is 6.92 Å². The highest BCUT2D eigenvalue weighted by molar-refractivity contribution is 7.92. The fourth-order valence-electron chi connectivity index (χ4n) is 1.64. The van der Waals surface area contributed by atoms with E-state index in [4.69, 9.17) is 4.74 Å². The summed E-state index contributed by atoms with van der Waals surface area (Å²) < 4.78 is 31.4. The zero-order valence-corrected chi connectivity index (χ0v) is 12.3. The van der Waals surface area contributed by atoms with Gasteiger partial charge in [-0.15, -0.1) is 0 Å². The number of benzene rings is 1. The van der Waals surface area contributed by atoms with Gasteiger partial charge in [-0.25, -0.2) is 13.2 Å². The number of rotatable bonds is 6. The van der Waals surface area contributed by atoms with Gasteiger partial charge in [-0.3, -0.25) is 4.72 Å². The van der Waals surface area contributed by atoms with Crippen molar-refractivity contribution in [2.75, 3.05) is 11.3 Å². The van der Waals surface area contributed by atoms with E-state index >= 15 is 0 Å². The zero-order valence-electron chi connectivity index (χ0n) is 11.5. The van der Waals surface area contributed by atoms with E-state index in [0.29, 0.717) is 17.9 Å². The van der Waals surface area contributed by atoms with Crippen LogP contribution in [0.2, 0.25) is 0 Å². The predicted octanol–water partition coefficient (Wildman–Crippen LogP) is 2.38. The lowest BCUT2D eigenvalue weighted by Gasteiger charge is -2.07. The first-order valence-corrected chi connectivity index (χ1v) is 7.94. The summed E-state index contributed by atoms with van der Waals surface area (Å²) in [6.45, 7) is 2.27. The molecule has 0 saturated carbocycles. The van der Waals surface area contributed by atoms with E-state index in [9.17, 15) is 13.2 Å². The van der Waals surface area contributed by atoms with E-state index in [0.717, 1.165) is 6.42 Å². The van der Waals surface area contributed by atoms with Crippen LogP contribution in [0.25, 0.3) is 0 Å². The van der Waals surface area contributed by atoms with Crippen LogP contribution < -0.4 is 4.72 Å². The zero-order chi connectivity index (χ0) is 15.3. The molecular formula is C14H16N2O4S. The molecule has 0 spiro atoms. The number of anilines is 1. The maximum absolute atomic E-state index is 12.0. The van der Waals surface area contributed by atoms with E-state index in [1.54, 1.807) is 0 Å². The number of hydrogen-bond donors (Lipinski definition) is 2. The highest BCUT2D eigenvalue weighted by atomic mass is 32.2. The van der Waals surface area contributed by atoms with E-state index in [-0.39, 0.29) is 4.90 Å². The molecule has 1 aromatic heterocycles. The van der Waals surface area contributed by atoms with Gasteiger partial charge in [-0.05, 0) is 36.8 Å². The van der Waals surface area contributed by atoms with Crippen molar-refractivity contribution in [1.29, 1.82) is 0 Å². The van der Waals surface area contributed by atoms with Crippen molar-refractivity contribution >= 4 is 21.7 Å². The third-order valence-corrected chi connectivity index (χ3v) is 4.07. The topological polar surface area (TPSA) is 88.3 Å². The molecule has 0 saturated heterocycles. The molecule has 2 rings (SSSR count). The van der Waals surface area contributed by atoms with Gasteiger partial charge in [0.2, 0.25) is 0 Å². The number of H-pyrrole nitrogens is 1. The van der Waals surface area contributed by atoms with Crippen LogP contribution in [0, 0.1) is 0 Å². The molecule has 0 amide bonds. The number of aromatic amines is 1. The molecule has 2 aromatic rings. The second-order valence-corrected chi connectivity index (χ2v) is 6.05. The van der Waals surface area contributed by atoms with Gasteiger partial charge in [0, 0.05) is 18.1 Å². The van der Waals surface area contributed by atoms with Crippen LogP contribution in [0.3, 0.4) is 0 Å². The van der Waals surface area contributed by atoms with Gasteiger partial charge in [0.05, 0.1) is 12.2 Å². The fourth-order valence-corrected chi connectivity index (χ4v) is 2.68. The summed E-state index contributed by atoms with van der Waals surface area (Å²) in [5.41, 5.74) is 0.760. The van der Waals surface area contributed by atoms with Gasteiger partial charge in [-0.2, -0.15) is 0 Å². The summed E-state index contributed by atoms with van der Waals surface area (Å²) in [7, 11) is -3.61. The minimum atomic E-state index is -3.61. The third kappa shape index (κ3) is 3.85. The summed E-state index contributed by atoms with van der Waals surface area (Å²) in [6, 6.07) is 7.54. The summed E-state index contributed by atoms with van der Waals surface area (Å²) in [6.07, 6.45) is 3.67. The lowest BCUT2D eigenvalue weighted by Crippen LogP contribution is -2.12. The Balaban J connectivity index is 2.08. The average Bonchev–Trinajstić information content (AvgIpc) is 3.00. The van der Waals surface area contributed by atoms with Gasteiger partial charge in [0.1, 0.15) is 4.90 Å². The van der Waals surface area contributed by atoms with Crippen LogP contribution in [0.1, 0.15) is 23.7 Å². The van der Waals surface area contributed by atoms with Gasteiger partial charge in [0.25, 0.3) is 10.0 Å². The van der Waals surface area contributed by atoms with Crippen LogP contribution >= 0.6 is 0 Å². The summed E-state index contributed by atoms with van der Waals surface area (Å²) in [4.78, 5) is 14.5. The van der Waals surface area contributed by atoms with E-state index in [1.807, 2.05) is 6.92 Å². The Hall–Kier alpha value is -2.28. The van der Waals surface area contributed by atoms with Crippen molar-refractivity contribution in [2.24, 2.45) is 0 Å². The maximum atomic E-state index is 12.0. The van der Waals surface area contributed by atoms with Gasteiger partial charge < -0.3 is 9.72 Å². The molecule has 2 N–H and O–H groups in total. The summed E-state index contributed by atoms with van der Waals surface area (Å²) in [5.74, 6) is -0.420. The molecule has 1 aromatic carbocycles. The van der Waals surface area contributed by atoms with Crippen molar-refractivity contribution in [1.82, 2.24) is 4.98 Å². The Labute approximate surface area is 123 Å². The average molecular weight is 308 g/mol. The number of hydrogen-bond acceptors (Lipinski definition) is 4. The van der Waals surface area contributed by atoms with Crippen LogP contribution in [0.4, 0.5) is 5.69 Å². The maximum Gasteiger partial charge on any atom is 0.338 e. The van der Waals surface area contributed by atoms with E-state index in [2.05, 4.69) is 9.71 Å². The normalized spacial score (nSPS) is 11.1. The number of nitrogens with one attached hydrogen (secondary N) is 2. The lowest BCUT2D eigenvalue weighted by atomic mass is 10.2. The Morgan fingerprint density at radius 2 is 1.95 bits per heavy atom. The largest absolute Gasteiger partial charge is 0.462 e. The van der Waals surface area contributed by atoms with E-state index < -0.39 is 16.0 Å².